The number of urea groups is 1. The molecule has 2 N–H and O–H groups in total. The number of benzene rings is 1. The molecule has 134 valence electrons. The summed E-state index contributed by atoms with van der Waals surface area (Å²) in [5.74, 6) is 0.115. The Bertz CT molecular complexity index is 656. The van der Waals surface area contributed by atoms with E-state index in [2.05, 4.69) is 10.6 Å². The van der Waals surface area contributed by atoms with Gasteiger partial charge in [-0.25, -0.2) is 17.5 Å². The molecule has 1 aromatic rings. The molecule has 2 amide bonds. The largest absolute Gasteiger partial charge is 0.335 e. The zero-order chi connectivity index (χ0) is 17.7. The number of halogens is 1. The summed E-state index contributed by atoms with van der Waals surface area (Å²) < 4.78 is 25.2. The van der Waals surface area contributed by atoms with Gasteiger partial charge in [0.05, 0.1) is 11.8 Å². The maximum atomic E-state index is 12.1. The van der Waals surface area contributed by atoms with Crippen molar-refractivity contribution in [3.8, 4) is 0 Å². The molecule has 0 saturated carbocycles. The maximum Gasteiger partial charge on any atom is 0.315 e. The van der Waals surface area contributed by atoms with Gasteiger partial charge in [-0.3, -0.25) is 0 Å². The molecule has 1 atom stereocenters. The SMILES string of the molecule is CCS(=O)(=O)N1CCC(NC(=O)N[C@H](C)c2ccc(Cl)cc2)CC1. The van der Waals surface area contributed by atoms with E-state index in [4.69, 9.17) is 11.6 Å². The van der Waals surface area contributed by atoms with E-state index in [-0.39, 0.29) is 23.9 Å². The van der Waals surface area contributed by atoms with Crippen LogP contribution in [0.25, 0.3) is 0 Å². The van der Waals surface area contributed by atoms with Crippen molar-refractivity contribution in [2.45, 2.75) is 38.8 Å². The summed E-state index contributed by atoms with van der Waals surface area (Å²) in [6, 6.07) is 6.94. The Morgan fingerprint density at radius 3 is 2.42 bits per heavy atom. The molecule has 1 aliphatic heterocycles. The van der Waals surface area contributed by atoms with Crippen molar-refractivity contribution in [3.63, 3.8) is 0 Å². The number of nitrogens with one attached hydrogen (secondary N) is 2. The first-order valence-electron chi connectivity index (χ1n) is 8.12. The van der Waals surface area contributed by atoms with Gasteiger partial charge in [0.15, 0.2) is 0 Å². The predicted molar refractivity (Wildman–Crippen MR) is 95.6 cm³/mol. The van der Waals surface area contributed by atoms with Crippen molar-refractivity contribution in [3.05, 3.63) is 34.9 Å². The molecule has 1 saturated heterocycles. The van der Waals surface area contributed by atoms with Gasteiger partial charge in [0.1, 0.15) is 0 Å². The van der Waals surface area contributed by atoms with Gasteiger partial charge in [-0.15, -0.1) is 0 Å². The van der Waals surface area contributed by atoms with Gasteiger partial charge >= 0.3 is 6.03 Å². The van der Waals surface area contributed by atoms with Crippen LogP contribution in [0.5, 0.6) is 0 Å². The van der Waals surface area contributed by atoms with Crippen LogP contribution in [-0.2, 0) is 10.0 Å². The molecule has 0 radical (unpaired) electrons. The summed E-state index contributed by atoms with van der Waals surface area (Å²) in [4.78, 5) is 12.1. The lowest BCUT2D eigenvalue weighted by atomic mass is 10.1. The lowest BCUT2D eigenvalue weighted by molar-refractivity contribution is 0.225. The Balaban J connectivity index is 1.80. The van der Waals surface area contributed by atoms with Gasteiger partial charge in [-0.2, -0.15) is 0 Å². The normalized spacial score (nSPS) is 18.1. The number of nitrogens with zero attached hydrogens (tertiary/aromatic N) is 1. The molecule has 0 aromatic heterocycles. The Labute approximate surface area is 148 Å². The second-order valence-electron chi connectivity index (χ2n) is 5.96. The minimum absolute atomic E-state index is 0.00859. The van der Waals surface area contributed by atoms with E-state index in [0.717, 1.165) is 5.56 Å². The second kappa shape index (κ2) is 8.18. The third-order valence-corrected chi connectivity index (χ3v) is 6.40. The molecule has 0 bridgehead atoms. The van der Waals surface area contributed by atoms with Crippen LogP contribution in [0.2, 0.25) is 5.02 Å². The van der Waals surface area contributed by atoms with Gasteiger partial charge in [0, 0.05) is 24.2 Å². The lowest BCUT2D eigenvalue weighted by Gasteiger charge is -2.31. The van der Waals surface area contributed by atoms with E-state index in [0.29, 0.717) is 31.0 Å². The van der Waals surface area contributed by atoms with E-state index in [1.807, 2.05) is 19.1 Å². The Kier molecular flexibility index (Phi) is 6.48. The van der Waals surface area contributed by atoms with Crippen molar-refractivity contribution in [1.82, 2.24) is 14.9 Å². The fraction of sp³-hybridized carbons (Fsp3) is 0.562. The van der Waals surface area contributed by atoms with Crippen LogP contribution in [0, 0.1) is 0 Å². The molecule has 24 heavy (non-hydrogen) atoms. The fourth-order valence-electron chi connectivity index (χ4n) is 2.72. The molecule has 1 fully saturated rings. The number of hydrogen-bond acceptors (Lipinski definition) is 3. The van der Waals surface area contributed by atoms with Crippen LogP contribution in [-0.4, -0.2) is 43.6 Å². The number of piperidine rings is 1. The van der Waals surface area contributed by atoms with Crippen LogP contribution in [0.15, 0.2) is 24.3 Å². The van der Waals surface area contributed by atoms with Crippen LogP contribution in [0.3, 0.4) is 0 Å². The van der Waals surface area contributed by atoms with Crippen LogP contribution >= 0.6 is 11.6 Å². The summed E-state index contributed by atoms with van der Waals surface area (Å²) in [6.45, 7) is 4.45. The Morgan fingerprint density at radius 1 is 1.29 bits per heavy atom. The summed E-state index contributed by atoms with van der Waals surface area (Å²) in [7, 11) is -3.14. The minimum Gasteiger partial charge on any atom is -0.335 e. The summed E-state index contributed by atoms with van der Waals surface area (Å²) in [6.07, 6.45) is 1.25. The standard InChI is InChI=1S/C16H24ClN3O3S/c1-3-24(22,23)20-10-8-15(9-11-20)19-16(21)18-12(2)13-4-6-14(17)7-5-13/h4-7,12,15H,3,8-11H2,1-2H3,(H2,18,19,21)/t12-/m1/s1. The highest BCUT2D eigenvalue weighted by Crippen LogP contribution is 2.17. The highest BCUT2D eigenvalue weighted by Gasteiger charge is 2.27. The predicted octanol–water partition coefficient (Wildman–Crippen LogP) is 2.51. The van der Waals surface area contributed by atoms with E-state index in [9.17, 15) is 13.2 Å². The van der Waals surface area contributed by atoms with E-state index >= 15 is 0 Å². The van der Waals surface area contributed by atoms with Crippen molar-refractivity contribution in [2.24, 2.45) is 0 Å². The lowest BCUT2D eigenvalue weighted by Crippen LogP contribution is -2.49. The van der Waals surface area contributed by atoms with E-state index in [1.54, 1.807) is 19.1 Å². The molecule has 0 aliphatic carbocycles. The average molecular weight is 374 g/mol. The smallest absolute Gasteiger partial charge is 0.315 e. The molecule has 0 unspecified atom stereocenters. The number of sulfonamides is 1. The molecule has 6 nitrogen and oxygen atoms in total. The zero-order valence-corrected chi connectivity index (χ0v) is 15.5. The average Bonchev–Trinajstić information content (AvgIpc) is 2.55. The van der Waals surface area contributed by atoms with E-state index in [1.165, 1.54) is 4.31 Å². The van der Waals surface area contributed by atoms with Crippen molar-refractivity contribution >= 4 is 27.7 Å². The van der Waals surface area contributed by atoms with Gasteiger partial charge in [-0.05, 0) is 44.4 Å². The first kappa shape index (κ1) is 19.0. The highest BCUT2D eigenvalue weighted by atomic mass is 35.5. The monoisotopic (exact) mass is 373 g/mol. The van der Waals surface area contributed by atoms with Gasteiger partial charge in [0.25, 0.3) is 0 Å². The highest BCUT2D eigenvalue weighted by molar-refractivity contribution is 7.89. The van der Waals surface area contributed by atoms with Gasteiger partial charge in [0.2, 0.25) is 10.0 Å². The fourth-order valence-corrected chi connectivity index (χ4v) is 3.98. The quantitative estimate of drug-likeness (QED) is 0.832. The second-order valence-corrected chi connectivity index (χ2v) is 8.66. The molecular weight excluding hydrogens is 350 g/mol. The molecule has 2 rings (SSSR count). The Morgan fingerprint density at radius 2 is 1.88 bits per heavy atom. The van der Waals surface area contributed by atoms with Crippen LogP contribution in [0.4, 0.5) is 4.79 Å². The van der Waals surface area contributed by atoms with E-state index < -0.39 is 10.0 Å². The molecule has 1 aliphatic rings. The summed E-state index contributed by atoms with van der Waals surface area (Å²) in [5.41, 5.74) is 0.971. The number of carbonyl (C=O) groups excluding carboxylic acids is 1. The molecular formula is C16H24ClN3O3S. The van der Waals surface area contributed by atoms with Crippen molar-refractivity contribution in [2.75, 3.05) is 18.8 Å². The number of hydrogen-bond donors (Lipinski definition) is 2. The minimum atomic E-state index is -3.14. The molecule has 1 heterocycles. The Hall–Kier alpha value is -1.31. The van der Waals surface area contributed by atoms with Gasteiger partial charge < -0.3 is 10.6 Å². The molecule has 0 spiro atoms. The first-order valence-corrected chi connectivity index (χ1v) is 10.1. The summed E-state index contributed by atoms with van der Waals surface area (Å²) in [5, 5.41) is 6.47. The maximum absolute atomic E-state index is 12.1. The van der Waals surface area contributed by atoms with Crippen LogP contribution < -0.4 is 10.6 Å². The van der Waals surface area contributed by atoms with Crippen molar-refractivity contribution in [1.29, 1.82) is 0 Å². The van der Waals surface area contributed by atoms with Crippen LogP contribution in [0.1, 0.15) is 38.3 Å². The third kappa shape index (κ3) is 5.09. The first-order chi connectivity index (χ1) is 11.3. The van der Waals surface area contributed by atoms with Crippen molar-refractivity contribution < 1.29 is 13.2 Å². The molecule has 8 heteroatoms. The molecule has 1 aromatic carbocycles. The summed E-state index contributed by atoms with van der Waals surface area (Å²) >= 11 is 5.86. The third-order valence-electron chi connectivity index (χ3n) is 4.26. The number of carbonyl (C=O) groups is 1. The van der Waals surface area contributed by atoms with Gasteiger partial charge in [-0.1, -0.05) is 23.7 Å². The number of amides is 2. The number of rotatable bonds is 5. The topological polar surface area (TPSA) is 78.5 Å². The zero-order valence-electron chi connectivity index (χ0n) is 14.0.